The fourth-order valence-corrected chi connectivity index (χ4v) is 2.30. The average molecular weight is 263 g/mol. The number of methoxy groups -OCH3 is 1. The minimum absolute atomic E-state index is 0.323. The first kappa shape index (κ1) is 12.4. The first-order valence-electron chi connectivity index (χ1n) is 6.31. The lowest BCUT2D eigenvalue weighted by Gasteiger charge is -2.08. The standard InChI is InChI=1S/C17H13NO2/c1-20-17(19)14-6-5-12-3-2-4-15(16(12)11-14)13-7-9-18-10-8-13/h2-11H,1H3. The van der Waals surface area contributed by atoms with Crippen LogP contribution in [0.5, 0.6) is 0 Å². The first-order valence-corrected chi connectivity index (χ1v) is 6.31. The van der Waals surface area contributed by atoms with Crippen LogP contribution in [-0.2, 0) is 4.74 Å². The van der Waals surface area contributed by atoms with Gasteiger partial charge in [0.05, 0.1) is 12.7 Å². The van der Waals surface area contributed by atoms with Crippen LogP contribution in [0.25, 0.3) is 21.9 Å². The Labute approximate surface area is 116 Å². The third-order valence-electron chi connectivity index (χ3n) is 3.29. The van der Waals surface area contributed by atoms with Gasteiger partial charge in [-0.1, -0.05) is 24.3 Å². The summed E-state index contributed by atoms with van der Waals surface area (Å²) >= 11 is 0. The number of aromatic nitrogens is 1. The van der Waals surface area contributed by atoms with Crippen LogP contribution in [0.15, 0.2) is 60.9 Å². The van der Waals surface area contributed by atoms with Gasteiger partial charge in [0.15, 0.2) is 0 Å². The third-order valence-corrected chi connectivity index (χ3v) is 3.29. The molecule has 0 radical (unpaired) electrons. The van der Waals surface area contributed by atoms with E-state index in [0.717, 1.165) is 21.9 Å². The lowest BCUT2D eigenvalue weighted by atomic mass is 9.97. The van der Waals surface area contributed by atoms with Crippen molar-refractivity contribution in [1.29, 1.82) is 0 Å². The highest BCUT2D eigenvalue weighted by molar-refractivity contribution is 6.01. The van der Waals surface area contributed by atoms with E-state index < -0.39 is 0 Å². The van der Waals surface area contributed by atoms with E-state index in [-0.39, 0.29) is 5.97 Å². The van der Waals surface area contributed by atoms with Gasteiger partial charge in [-0.05, 0) is 46.2 Å². The van der Waals surface area contributed by atoms with E-state index in [0.29, 0.717) is 5.56 Å². The number of carbonyl (C=O) groups is 1. The molecule has 0 aliphatic heterocycles. The maximum absolute atomic E-state index is 11.7. The molecule has 0 bridgehead atoms. The van der Waals surface area contributed by atoms with Crippen LogP contribution < -0.4 is 0 Å². The Balaban J connectivity index is 2.24. The molecule has 1 aromatic heterocycles. The van der Waals surface area contributed by atoms with Gasteiger partial charge < -0.3 is 4.74 Å². The number of benzene rings is 2. The van der Waals surface area contributed by atoms with Crippen molar-refractivity contribution in [2.45, 2.75) is 0 Å². The third kappa shape index (κ3) is 2.14. The van der Waals surface area contributed by atoms with Crippen molar-refractivity contribution in [2.75, 3.05) is 7.11 Å². The van der Waals surface area contributed by atoms with Crippen molar-refractivity contribution in [2.24, 2.45) is 0 Å². The molecule has 1 heterocycles. The number of hydrogen-bond acceptors (Lipinski definition) is 3. The Kier molecular flexibility index (Phi) is 3.17. The normalized spacial score (nSPS) is 10.4. The fraction of sp³-hybridized carbons (Fsp3) is 0.0588. The molecular weight excluding hydrogens is 250 g/mol. The number of nitrogens with zero attached hydrogens (tertiary/aromatic N) is 1. The Bertz CT molecular complexity index is 766. The van der Waals surface area contributed by atoms with Gasteiger partial charge >= 0.3 is 5.97 Å². The minimum atomic E-state index is -0.323. The Morgan fingerprint density at radius 2 is 1.85 bits per heavy atom. The van der Waals surface area contributed by atoms with Crippen LogP contribution in [0, 0.1) is 0 Å². The maximum atomic E-state index is 11.7. The van der Waals surface area contributed by atoms with Crippen molar-refractivity contribution in [3.63, 3.8) is 0 Å². The number of pyridine rings is 1. The smallest absolute Gasteiger partial charge is 0.337 e. The molecule has 20 heavy (non-hydrogen) atoms. The molecule has 0 amide bonds. The molecule has 3 heteroatoms. The maximum Gasteiger partial charge on any atom is 0.337 e. The van der Waals surface area contributed by atoms with E-state index in [2.05, 4.69) is 4.98 Å². The summed E-state index contributed by atoms with van der Waals surface area (Å²) in [6.07, 6.45) is 3.52. The lowest BCUT2D eigenvalue weighted by Crippen LogP contribution is -2.00. The van der Waals surface area contributed by atoms with Gasteiger partial charge in [0.1, 0.15) is 0 Å². The molecule has 0 saturated heterocycles. The number of fused-ring (bicyclic) bond motifs is 1. The monoisotopic (exact) mass is 263 g/mol. The zero-order valence-electron chi connectivity index (χ0n) is 11.0. The summed E-state index contributed by atoms with van der Waals surface area (Å²) in [7, 11) is 1.39. The summed E-state index contributed by atoms with van der Waals surface area (Å²) < 4.78 is 4.78. The Hall–Kier alpha value is -2.68. The van der Waals surface area contributed by atoms with Crippen LogP contribution >= 0.6 is 0 Å². The van der Waals surface area contributed by atoms with E-state index in [1.165, 1.54) is 7.11 Å². The van der Waals surface area contributed by atoms with Crippen LogP contribution in [0.3, 0.4) is 0 Å². The minimum Gasteiger partial charge on any atom is -0.465 e. The number of ether oxygens (including phenoxy) is 1. The zero-order valence-corrected chi connectivity index (χ0v) is 11.0. The van der Waals surface area contributed by atoms with Gasteiger partial charge in [0.2, 0.25) is 0 Å². The summed E-state index contributed by atoms with van der Waals surface area (Å²) in [6.45, 7) is 0. The van der Waals surface area contributed by atoms with Crippen LogP contribution in [0.1, 0.15) is 10.4 Å². The predicted molar refractivity (Wildman–Crippen MR) is 78.5 cm³/mol. The molecule has 0 aliphatic carbocycles. The van der Waals surface area contributed by atoms with E-state index in [1.807, 2.05) is 42.5 Å². The van der Waals surface area contributed by atoms with E-state index in [4.69, 9.17) is 4.74 Å². The van der Waals surface area contributed by atoms with Gasteiger partial charge in [-0.25, -0.2) is 4.79 Å². The van der Waals surface area contributed by atoms with E-state index >= 15 is 0 Å². The number of esters is 1. The molecule has 0 saturated carbocycles. The fourth-order valence-electron chi connectivity index (χ4n) is 2.30. The molecule has 0 unspecified atom stereocenters. The molecule has 3 aromatic rings. The lowest BCUT2D eigenvalue weighted by molar-refractivity contribution is 0.0601. The van der Waals surface area contributed by atoms with Gasteiger partial charge in [0.25, 0.3) is 0 Å². The topological polar surface area (TPSA) is 39.2 Å². The summed E-state index contributed by atoms with van der Waals surface area (Å²) in [5.41, 5.74) is 2.71. The second-order valence-electron chi connectivity index (χ2n) is 4.47. The van der Waals surface area contributed by atoms with Crippen LogP contribution in [0.4, 0.5) is 0 Å². The van der Waals surface area contributed by atoms with Gasteiger partial charge in [-0.15, -0.1) is 0 Å². The predicted octanol–water partition coefficient (Wildman–Crippen LogP) is 3.69. The summed E-state index contributed by atoms with van der Waals surface area (Å²) in [5.74, 6) is -0.323. The molecule has 0 aliphatic rings. The SMILES string of the molecule is COC(=O)c1ccc2cccc(-c3ccncc3)c2c1. The highest BCUT2D eigenvalue weighted by Gasteiger charge is 2.09. The number of hydrogen-bond donors (Lipinski definition) is 0. The van der Waals surface area contributed by atoms with Crippen molar-refractivity contribution in [3.8, 4) is 11.1 Å². The molecule has 98 valence electrons. The Morgan fingerprint density at radius 3 is 2.60 bits per heavy atom. The van der Waals surface area contributed by atoms with E-state index in [1.54, 1.807) is 18.5 Å². The average Bonchev–Trinajstić information content (AvgIpc) is 2.54. The highest BCUT2D eigenvalue weighted by atomic mass is 16.5. The number of carbonyl (C=O) groups excluding carboxylic acids is 1. The van der Waals surface area contributed by atoms with Crippen molar-refractivity contribution in [3.05, 3.63) is 66.5 Å². The molecule has 0 atom stereocenters. The first-order chi connectivity index (χ1) is 9.79. The van der Waals surface area contributed by atoms with Crippen LogP contribution in [0.2, 0.25) is 0 Å². The Morgan fingerprint density at radius 1 is 1.05 bits per heavy atom. The molecule has 0 spiro atoms. The molecule has 3 rings (SSSR count). The van der Waals surface area contributed by atoms with Gasteiger partial charge in [-0.3, -0.25) is 4.98 Å². The molecule has 2 aromatic carbocycles. The van der Waals surface area contributed by atoms with Crippen LogP contribution in [-0.4, -0.2) is 18.1 Å². The van der Waals surface area contributed by atoms with Crippen molar-refractivity contribution >= 4 is 16.7 Å². The highest BCUT2D eigenvalue weighted by Crippen LogP contribution is 2.29. The molecule has 3 nitrogen and oxygen atoms in total. The summed E-state index contributed by atoms with van der Waals surface area (Å²) in [6, 6.07) is 15.6. The second kappa shape index (κ2) is 5.13. The molecule has 0 N–H and O–H groups in total. The molecule has 0 fully saturated rings. The quantitative estimate of drug-likeness (QED) is 0.662. The van der Waals surface area contributed by atoms with Crippen molar-refractivity contribution < 1.29 is 9.53 Å². The summed E-state index contributed by atoms with van der Waals surface area (Å²) in [4.78, 5) is 15.7. The second-order valence-corrected chi connectivity index (χ2v) is 4.47. The number of rotatable bonds is 2. The molecular formula is C17H13NO2. The summed E-state index contributed by atoms with van der Waals surface area (Å²) in [5, 5.41) is 2.12. The largest absolute Gasteiger partial charge is 0.465 e. The van der Waals surface area contributed by atoms with E-state index in [9.17, 15) is 4.79 Å². The van der Waals surface area contributed by atoms with Gasteiger partial charge in [-0.2, -0.15) is 0 Å². The zero-order chi connectivity index (χ0) is 13.9. The van der Waals surface area contributed by atoms with Gasteiger partial charge in [0, 0.05) is 12.4 Å². The van der Waals surface area contributed by atoms with Crippen molar-refractivity contribution in [1.82, 2.24) is 4.98 Å².